The minimum absolute atomic E-state index is 0.508. The molecule has 0 aliphatic rings. The predicted molar refractivity (Wildman–Crippen MR) is 49.0 cm³/mol. The molecule has 0 amide bonds. The molecule has 1 atom stereocenters. The number of hydrogen-bond donors (Lipinski definition) is 1. The molecule has 0 aliphatic heterocycles. The molecule has 3 nitrogen and oxygen atoms in total. The van der Waals surface area contributed by atoms with Gasteiger partial charge in [0.15, 0.2) is 0 Å². The average molecular weight is 196 g/mol. The van der Waals surface area contributed by atoms with Crippen LogP contribution in [0.2, 0.25) is 19.6 Å². The highest BCUT2D eigenvalue weighted by Crippen LogP contribution is 2.17. The first-order valence-electron chi connectivity index (χ1n) is 3.66. The Labute approximate surface area is 69.6 Å². The van der Waals surface area contributed by atoms with Crippen LogP contribution in [0.1, 0.15) is 13.3 Å². The molecule has 1 N–H and O–H groups in total. The summed E-state index contributed by atoms with van der Waals surface area (Å²) in [5.41, 5.74) is 0. The molecule has 0 radical (unpaired) electrons. The van der Waals surface area contributed by atoms with Gasteiger partial charge in [0, 0.05) is 0 Å². The van der Waals surface area contributed by atoms with Crippen molar-refractivity contribution >= 4 is 18.2 Å². The van der Waals surface area contributed by atoms with E-state index < -0.39 is 23.1 Å². The average Bonchev–Trinajstić information content (AvgIpc) is 1.56. The summed E-state index contributed by atoms with van der Waals surface area (Å²) in [5.74, 6) is 0. The molecule has 0 heterocycles. The normalized spacial score (nSPS) is 16.5. The highest BCUT2D eigenvalue weighted by atomic mass is 32.2. The Morgan fingerprint density at radius 2 is 1.73 bits per heavy atom. The summed E-state index contributed by atoms with van der Waals surface area (Å²) in [6.45, 7) is 7.61. The van der Waals surface area contributed by atoms with Crippen LogP contribution < -0.4 is 0 Å². The summed E-state index contributed by atoms with van der Waals surface area (Å²) in [6, 6.07) is 0. The van der Waals surface area contributed by atoms with Crippen LogP contribution in [0, 0.1) is 0 Å². The van der Waals surface area contributed by atoms with Gasteiger partial charge >= 0.3 is 0 Å². The lowest BCUT2D eigenvalue weighted by Gasteiger charge is -2.24. The Morgan fingerprint density at radius 3 is 1.73 bits per heavy atom. The van der Waals surface area contributed by atoms with Crippen molar-refractivity contribution in [2.75, 3.05) is 0 Å². The van der Waals surface area contributed by atoms with Crippen LogP contribution in [0.4, 0.5) is 0 Å². The molecule has 0 saturated carbocycles. The topological polar surface area (TPSA) is 54.4 Å². The van der Waals surface area contributed by atoms with Gasteiger partial charge in [0.2, 0.25) is 0 Å². The molecule has 0 bridgehead atoms. The van der Waals surface area contributed by atoms with Crippen molar-refractivity contribution in [3.63, 3.8) is 0 Å². The van der Waals surface area contributed by atoms with Crippen LogP contribution >= 0.6 is 0 Å². The summed E-state index contributed by atoms with van der Waals surface area (Å²) in [4.78, 5) is -0.519. The molecule has 1 unspecified atom stereocenters. The highest BCUT2D eigenvalue weighted by Gasteiger charge is 2.34. The Hall–Kier alpha value is 0.127. The van der Waals surface area contributed by atoms with Crippen LogP contribution in [0.5, 0.6) is 0 Å². The van der Waals surface area contributed by atoms with Gasteiger partial charge in [-0.25, -0.2) is 0 Å². The highest BCUT2D eigenvalue weighted by molar-refractivity contribution is 7.88. The van der Waals surface area contributed by atoms with Crippen molar-refractivity contribution in [2.24, 2.45) is 0 Å². The summed E-state index contributed by atoms with van der Waals surface area (Å²) >= 11 is 0. The maximum absolute atomic E-state index is 10.8. The van der Waals surface area contributed by atoms with Gasteiger partial charge in [-0.15, -0.1) is 0 Å². The van der Waals surface area contributed by atoms with Gasteiger partial charge in [-0.05, 0) is 6.42 Å². The summed E-state index contributed by atoms with van der Waals surface area (Å²) < 4.78 is 30.4. The zero-order chi connectivity index (χ0) is 9.28. The number of rotatable bonds is 3. The lowest BCUT2D eigenvalue weighted by molar-refractivity contribution is 0.476. The fourth-order valence-corrected chi connectivity index (χ4v) is 6.49. The number of hydrogen-bond acceptors (Lipinski definition) is 2. The van der Waals surface area contributed by atoms with Crippen LogP contribution in [0.15, 0.2) is 0 Å². The third-order valence-electron chi connectivity index (χ3n) is 1.70. The smallest absolute Gasteiger partial charge is 0.265 e. The summed E-state index contributed by atoms with van der Waals surface area (Å²) in [6.07, 6.45) is 0.508. The van der Waals surface area contributed by atoms with Crippen molar-refractivity contribution in [1.82, 2.24) is 0 Å². The molecule has 0 fully saturated rings. The minimum atomic E-state index is -3.81. The lowest BCUT2D eigenvalue weighted by Crippen LogP contribution is -2.43. The second-order valence-electron chi connectivity index (χ2n) is 3.78. The molecule has 11 heavy (non-hydrogen) atoms. The Bertz CT molecular complexity index is 214. The molecule has 5 heteroatoms. The van der Waals surface area contributed by atoms with Crippen molar-refractivity contribution in [2.45, 2.75) is 37.9 Å². The molecule has 0 aromatic rings. The fraction of sp³-hybridized carbons (Fsp3) is 1.00. The molecule has 68 valence electrons. The third kappa shape index (κ3) is 3.35. The van der Waals surface area contributed by atoms with Crippen LogP contribution in [0.3, 0.4) is 0 Å². The van der Waals surface area contributed by atoms with Gasteiger partial charge in [-0.2, -0.15) is 8.42 Å². The molecule has 0 saturated heterocycles. The van der Waals surface area contributed by atoms with E-state index >= 15 is 0 Å². The Balaban J connectivity index is 4.72. The maximum Gasteiger partial charge on any atom is 0.265 e. The van der Waals surface area contributed by atoms with Crippen LogP contribution in [-0.4, -0.2) is 25.9 Å². The minimum Gasteiger partial charge on any atom is -0.286 e. The van der Waals surface area contributed by atoms with Crippen LogP contribution in [0.25, 0.3) is 0 Å². The molecule has 0 rings (SSSR count). The van der Waals surface area contributed by atoms with Crippen molar-refractivity contribution < 1.29 is 13.0 Å². The first kappa shape index (κ1) is 11.1. The molecule has 0 spiro atoms. The monoisotopic (exact) mass is 196 g/mol. The Kier molecular flexibility index (Phi) is 3.28. The molecular formula is C6H16O3SSi. The molecular weight excluding hydrogens is 180 g/mol. The van der Waals surface area contributed by atoms with E-state index in [0.717, 1.165) is 0 Å². The second kappa shape index (κ2) is 3.24. The van der Waals surface area contributed by atoms with E-state index in [2.05, 4.69) is 0 Å². The summed E-state index contributed by atoms with van der Waals surface area (Å²) in [5, 5.41) is 0. The van der Waals surface area contributed by atoms with Gasteiger partial charge in [0.05, 0.1) is 12.9 Å². The van der Waals surface area contributed by atoms with E-state index in [1.54, 1.807) is 6.92 Å². The lowest BCUT2D eigenvalue weighted by atomic mass is 10.6. The van der Waals surface area contributed by atoms with E-state index in [4.69, 9.17) is 4.55 Å². The van der Waals surface area contributed by atoms with Gasteiger partial charge in [0.25, 0.3) is 10.1 Å². The quantitative estimate of drug-likeness (QED) is 0.550. The van der Waals surface area contributed by atoms with E-state index in [1.165, 1.54) is 0 Å². The first-order chi connectivity index (χ1) is 4.69. The van der Waals surface area contributed by atoms with E-state index in [0.29, 0.717) is 6.42 Å². The molecule has 0 aromatic carbocycles. The van der Waals surface area contributed by atoms with Gasteiger partial charge in [-0.3, -0.25) is 4.55 Å². The second-order valence-corrected chi connectivity index (χ2v) is 11.2. The third-order valence-corrected chi connectivity index (χ3v) is 8.10. The van der Waals surface area contributed by atoms with Crippen molar-refractivity contribution in [3.05, 3.63) is 0 Å². The SMILES string of the molecule is CCC([Si](C)(C)C)S(=O)(=O)O. The van der Waals surface area contributed by atoms with E-state index in [1.807, 2.05) is 19.6 Å². The largest absolute Gasteiger partial charge is 0.286 e. The van der Waals surface area contributed by atoms with E-state index in [9.17, 15) is 8.42 Å². The van der Waals surface area contributed by atoms with Gasteiger partial charge < -0.3 is 0 Å². The maximum atomic E-state index is 10.8. The summed E-state index contributed by atoms with van der Waals surface area (Å²) in [7, 11) is -5.57. The zero-order valence-electron chi connectivity index (χ0n) is 7.46. The molecule has 0 aromatic heterocycles. The zero-order valence-corrected chi connectivity index (χ0v) is 9.27. The van der Waals surface area contributed by atoms with Crippen LogP contribution in [-0.2, 0) is 10.1 Å². The van der Waals surface area contributed by atoms with Gasteiger partial charge in [0.1, 0.15) is 0 Å². The predicted octanol–water partition coefficient (Wildman–Crippen LogP) is 1.53. The van der Waals surface area contributed by atoms with Crippen molar-refractivity contribution in [1.29, 1.82) is 0 Å². The fourth-order valence-electron chi connectivity index (χ4n) is 1.27. The molecule has 0 aliphatic carbocycles. The van der Waals surface area contributed by atoms with Gasteiger partial charge in [-0.1, -0.05) is 26.6 Å². The standard InChI is InChI=1S/C6H16O3SSi/c1-5-6(10(7,8)9)11(2,3)4/h6H,5H2,1-4H3,(H,7,8,9). The van der Waals surface area contributed by atoms with E-state index in [-0.39, 0.29) is 0 Å². The first-order valence-corrected chi connectivity index (χ1v) is 8.74. The Morgan fingerprint density at radius 1 is 1.36 bits per heavy atom. The van der Waals surface area contributed by atoms with Crippen molar-refractivity contribution in [3.8, 4) is 0 Å².